The van der Waals surface area contributed by atoms with E-state index in [-0.39, 0.29) is 7.92 Å². The highest BCUT2D eigenvalue weighted by Gasteiger charge is 2.42. The summed E-state index contributed by atoms with van der Waals surface area (Å²) >= 11 is 0. The molecule has 0 aliphatic carbocycles. The quantitative estimate of drug-likeness (QED) is 0.649. The van der Waals surface area contributed by atoms with Crippen molar-refractivity contribution in [3.63, 3.8) is 0 Å². The van der Waals surface area contributed by atoms with Crippen molar-refractivity contribution >= 4 is 16.5 Å². The third-order valence-corrected chi connectivity index (χ3v) is 7.86. The molecule has 0 aromatic carbocycles. The molecule has 2 heterocycles. The highest BCUT2D eigenvalue weighted by atomic mass is 31.1. The molecule has 2 fully saturated rings. The minimum atomic E-state index is -0.000895. The lowest BCUT2D eigenvalue weighted by Crippen LogP contribution is -2.26. The van der Waals surface area contributed by atoms with Crippen LogP contribution < -0.4 is 0 Å². The Morgan fingerprint density at radius 3 is 2.57 bits per heavy atom. The van der Waals surface area contributed by atoms with E-state index >= 15 is 0 Å². The lowest BCUT2D eigenvalue weighted by Gasteiger charge is -2.33. The molecule has 0 amide bonds. The van der Waals surface area contributed by atoms with Gasteiger partial charge in [0.05, 0.1) is 13.2 Å². The van der Waals surface area contributed by atoms with Crippen LogP contribution in [0.3, 0.4) is 0 Å². The zero-order chi connectivity index (χ0) is 10.2. The second kappa shape index (κ2) is 4.34. The average molecular weight is 234 g/mol. The third-order valence-electron chi connectivity index (χ3n) is 2.79. The molecule has 82 valence electrons. The fourth-order valence-electron chi connectivity index (χ4n) is 2.09. The van der Waals surface area contributed by atoms with Crippen molar-refractivity contribution in [2.75, 3.05) is 25.5 Å². The summed E-state index contributed by atoms with van der Waals surface area (Å²) in [6.45, 7) is 8.95. The van der Waals surface area contributed by atoms with Gasteiger partial charge in [-0.25, -0.2) is 0 Å². The number of rotatable bonds is 1. The minimum Gasteiger partial charge on any atom is -0.371 e. The predicted molar refractivity (Wildman–Crippen MR) is 64.2 cm³/mol. The summed E-state index contributed by atoms with van der Waals surface area (Å²) < 4.78 is 11.7. The van der Waals surface area contributed by atoms with Crippen molar-refractivity contribution in [2.24, 2.45) is 0 Å². The van der Waals surface area contributed by atoms with Crippen LogP contribution >= 0.6 is 16.5 Å². The predicted octanol–water partition coefficient (Wildman–Crippen LogP) is 2.66. The number of hydrogen-bond acceptors (Lipinski definition) is 2. The normalized spacial score (nSPS) is 40.9. The first-order valence-corrected chi connectivity index (χ1v) is 8.20. The van der Waals surface area contributed by atoms with Gasteiger partial charge >= 0.3 is 0 Å². The molecule has 2 aliphatic heterocycles. The molecule has 2 saturated heterocycles. The van der Waals surface area contributed by atoms with Gasteiger partial charge in [-0.05, 0) is 17.5 Å². The number of ether oxygens (including phenoxy) is 2. The maximum absolute atomic E-state index is 5.89. The Labute approximate surface area is 89.7 Å². The van der Waals surface area contributed by atoms with Crippen LogP contribution in [0.5, 0.6) is 0 Å². The summed E-state index contributed by atoms with van der Waals surface area (Å²) in [6, 6.07) is 0. The van der Waals surface area contributed by atoms with Gasteiger partial charge in [0.2, 0.25) is 0 Å². The molecule has 0 bridgehead atoms. The van der Waals surface area contributed by atoms with Crippen molar-refractivity contribution in [1.29, 1.82) is 0 Å². The Kier molecular flexibility index (Phi) is 3.49. The molecule has 0 aromatic heterocycles. The third kappa shape index (κ3) is 2.30. The fourth-order valence-corrected chi connectivity index (χ4v) is 6.69. The van der Waals surface area contributed by atoms with Crippen LogP contribution in [0.4, 0.5) is 0 Å². The summed E-state index contributed by atoms with van der Waals surface area (Å²) in [7, 11) is 0.967. The summed E-state index contributed by atoms with van der Waals surface area (Å²) in [4.78, 5) is 0. The maximum Gasteiger partial charge on any atom is 0.107 e. The second-order valence-corrected chi connectivity index (χ2v) is 9.59. The summed E-state index contributed by atoms with van der Waals surface area (Å²) in [6.07, 6.45) is 2.52. The molecular weight excluding hydrogens is 214 g/mol. The fraction of sp³-hybridized carbons (Fsp3) is 1.00. The number of hydrogen-bond donors (Lipinski definition) is 0. The Balaban J connectivity index is 2.02. The lowest BCUT2D eigenvalue weighted by molar-refractivity contribution is 0.0362. The Bertz CT molecular complexity index is 197. The molecule has 2 nitrogen and oxygen atoms in total. The van der Waals surface area contributed by atoms with Gasteiger partial charge in [-0.2, -0.15) is 0 Å². The Morgan fingerprint density at radius 1 is 1.21 bits per heavy atom. The van der Waals surface area contributed by atoms with Crippen LogP contribution in [0.15, 0.2) is 0 Å². The van der Waals surface area contributed by atoms with E-state index in [4.69, 9.17) is 9.47 Å². The van der Waals surface area contributed by atoms with E-state index in [1.54, 1.807) is 0 Å². The van der Waals surface area contributed by atoms with Crippen LogP contribution in [0.25, 0.3) is 0 Å². The standard InChI is InChI=1S/C10H20O2P2/c1-10(2,3)14-7-5-12-9(14)8-11-4-6-13-8/h8-9,13H,4-7H2,1-3H3/t8-,9-,14?/m1/s1. The summed E-state index contributed by atoms with van der Waals surface area (Å²) in [5, 5.41) is 0.424. The van der Waals surface area contributed by atoms with Crippen molar-refractivity contribution in [3.8, 4) is 0 Å². The van der Waals surface area contributed by atoms with Crippen LogP contribution in [-0.4, -0.2) is 42.4 Å². The molecule has 2 aliphatic rings. The van der Waals surface area contributed by atoms with Gasteiger partial charge in [0.15, 0.2) is 0 Å². The van der Waals surface area contributed by atoms with Gasteiger partial charge in [-0.1, -0.05) is 37.3 Å². The molecule has 0 saturated carbocycles. The van der Waals surface area contributed by atoms with Crippen molar-refractivity contribution in [1.82, 2.24) is 0 Å². The monoisotopic (exact) mass is 234 g/mol. The van der Waals surface area contributed by atoms with E-state index < -0.39 is 0 Å². The highest BCUT2D eigenvalue weighted by molar-refractivity contribution is 7.61. The molecule has 2 rings (SSSR count). The lowest BCUT2D eigenvalue weighted by atomic mass is 10.3. The van der Waals surface area contributed by atoms with Crippen molar-refractivity contribution in [2.45, 2.75) is 37.6 Å². The van der Waals surface area contributed by atoms with E-state index in [0.29, 0.717) is 16.8 Å². The zero-order valence-electron chi connectivity index (χ0n) is 9.25. The molecule has 2 unspecified atom stereocenters. The van der Waals surface area contributed by atoms with Gasteiger partial charge in [0.25, 0.3) is 0 Å². The van der Waals surface area contributed by atoms with Crippen molar-refractivity contribution < 1.29 is 9.47 Å². The summed E-state index contributed by atoms with van der Waals surface area (Å²) in [5.74, 6) is 0.869. The van der Waals surface area contributed by atoms with E-state index in [0.717, 1.165) is 21.8 Å². The topological polar surface area (TPSA) is 18.5 Å². The van der Waals surface area contributed by atoms with Gasteiger partial charge < -0.3 is 9.47 Å². The molecule has 0 radical (unpaired) electrons. The Morgan fingerprint density at radius 2 is 2.00 bits per heavy atom. The molecule has 0 N–H and O–H groups in total. The van der Waals surface area contributed by atoms with Crippen molar-refractivity contribution in [3.05, 3.63) is 0 Å². The first-order valence-electron chi connectivity index (χ1n) is 5.32. The van der Waals surface area contributed by atoms with E-state index in [1.807, 2.05) is 0 Å². The molecule has 14 heavy (non-hydrogen) atoms. The molecule has 0 aromatic rings. The SMILES string of the molecule is CC(C)(C)P1CCO[C@H]1[C@@H]1OCCP1. The van der Waals surface area contributed by atoms with Crippen LogP contribution in [0.1, 0.15) is 20.8 Å². The van der Waals surface area contributed by atoms with Crippen LogP contribution in [-0.2, 0) is 9.47 Å². The largest absolute Gasteiger partial charge is 0.371 e. The molecule has 4 atom stereocenters. The van der Waals surface area contributed by atoms with E-state index in [2.05, 4.69) is 20.8 Å². The first kappa shape index (κ1) is 11.3. The van der Waals surface area contributed by atoms with Gasteiger partial charge in [-0.15, -0.1) is 0 Å². The van der Waals surface area contributed by atoms with Crippen LogP contribution in [0, 0.1) is 0 Å². The van der Waals surface area contributed by atoms with E-state index in [9.17, 15) is 0 Å². The molecular formula is C10H20O2P2. The molecule has 0 spiro atoms. The average Bonchev–Trinajstić information content (AvgIpc) is 2.73. The zero-order valence-corrected chi connectivity index (χ0v) is 11.1. The maximum atomic E-state index is 5.89. The first-order chi connectivity index (χ1) is 6.59. The smallest absolute Gasteiger partial charge is 0.107 e. The minimum absolute atomic E-state index is 0.000895. The van der Waals surface area contributed by atoms with Gasteiger partial charge in [0, 0.05) is 0 Å². The van der Waals surface area contributed by atoms with Gasteiger partial charge in [-0.3, -0.25) is 0 Å². The van der Waals surface area contributed by atoms with Crippen LogP contribution in [0.2, 0.25) is 0 Å². The van der Waals surface area contributed by atoms with E-state index in [1.165, 1.54) is 12.3 Å². The summed E-state index contributed by atoms with van der Waals surface area (Å²) in [5.41, 5.74) is 0. The van der Waals surface area contributed by atoms with Gasteiger partial charge in [0.1, 0.15) is 11.7 Å². The second-order valence-electron chi connectivity index (χ2n) is 4.87. The Hall–Kier alpha value is 0.780. The highest BCUT2D eigenvalue weighted by Crippen LogP contribution is 2.60. The molecule has 4 heteroatoms.